The lowest BCUT2D eigenvalue weighted by Crippen LogP contribution is -2.47. The molecular formula is C12H24BrN. The highest BCUT2D eigenvalue weighted by molar-refractivity contribution is 9.09. The lowest BCUT2D eigenvalue weighted by Gasteiger charge is -2.42. The standard InChI is InChI=1S/C12H24BrN/c1-9-5-11(3)12(4)14(7-9)8-10(2)6-13/h9-12H,5-8H2,1-4H3. The zero-order valence-electron chi connectivity index (χ0n) is 9.96. The van der Waals surface area contributed by atoms with Crippen molar-refractivity contribution < 1.29 is 0 Å². The highest BCUT2D eigenvalue weighted by Gasteiger charge is 2.28. The number of rotatable bonds is 3. The van der Waals surface area contributed by atoms with Gasteiger partial charge in [-0.3, -0.25) is 4.90 Å². The third-order valence-electron chi connectivity index (χ3n) is 3.53. The van der Waals surface area contributed by atoms with Crippen molar-refractivity contribution in [2.75, 3.05) is 18.4 Å². The minimum Gasteiger partial charge on any atom is -0.300 e. The van der Waals surface area contributed by atoms with E-state index in [1.54, 1.807) is 0 Å². The largest absolute Gasteiger partial charge is 0.300 e. The van der Waals surface area contributed by atoms with Gasteiger partial charge in [0.15, 0.2) is 0 Å². The first-order valence-electron chi connectivity index (χ1n) is 5.84. The molecule has 1 nitrogen and oxygen atoms in total. The maximum absolute atomic E-state index is 3.57. The fourth-order valence-electron chi connectivity index (χ4n) is 2.52. The maximum atomic E-state index is 3.57. The Morgan fingerprint density at radius 1 is 1.36 bits per heavy atom. The molecule has 0 aliphatic carbocycles. The molecule has 0 bridgehead atoms. The van der Waals surface area contributed by atoms with Gasteiger partial charge in [-0.2, -0.15) is 0 Å². The molecule has 0 spiro atoms. The van der Waals surface area contributed by atoms with Crippen molar-refractivity contribution in [1.29, 1.82) is 0 Å². The minimum atomic E-state index is 0.771. The van der Waals surface area contributed by atoms with Gasteiger partial charge in [0.05, 0.1) is 0 Å². The molecule has 14 heavy (non-hydrogen) atoms. The van der Waals surface area contributed by atoms with Gasteiger partial charge in [-0.05, 0) is 31.1 Å². The van der Waals surface area contributed by atoms with Gasteiger partial charge >= 0.3 is 0 Å². The topological polar surface area (TPSA) is 3.24 Å². The van der Waals surface area contributed by atoms with Crippen LogP contribution in [0.4, 0.5) is 0 Å². The average molecular weight is 262 g/mol. The summed E-state index contributed by atoms with van der Waals surface area (Å²) in [6.07, 6.45) is 1.40. The van der Waals surface area contributed by atoms with Gasteiger partial charge in [-0.1, -0.05) is 36.7 Å². The molecule has 1 heterocycles. The van der Waals surface area contributed by atoms with Crippen molar-refractivity contribution >= 4 is 15.9 Å². The molecule has 84 valence electrons. The molecule has 2 heteroatoms. The van der Waals surface area contributed by atoms with Gasteiger partial charge < -0.3 is 0 Å². The maximum Gasteiger partial charge on any atom is 0.00928 e. The number of halogens is 1. The van der Waals surface area contributed by atoms with E-state index in [1.807, 2.05) is 0 Å². The third-order valence-corrected chi connectivity index (χ3v) is 4.63. The summed E-state index contributed by atoms with van der Waals surface area (Å²) in [4.78, 5) is 2.67. The number of hydrogen-bond donors (Lipinski definition) is 0. The first-order chi connectivity index (χ1) is 6.54. The van der Waals surface area contributed by atoms with Crippen molar-refractivity contribution in [1.82, 2.24) is 4.90 Å². The van der Waals surface area contributed by atoms with Crippen LogP contribution in [0.3, 0.4) is 0 Å². The summed E-state index contributed by atoms with van der Waals surface area (Å²) >= 11 is 3.57. The summed E-state index contributed by atoms with van der Waals surface area (Å²) in [6.45, 7) is 12.0. The SMILES string of the molecule is CC(CBr)CN1CC(C)CC(C)C1C. The molecule has 4 atom stereocenters. The van der Waals surface area contributed by atoms with E-state index in [1.165, 1.54) is 19.5 Å². The van der Waals surface area contributed by atoms with Crippen LogP contribution in [0.25, 0.3) is 0 Å². The van der Waals surface area contributed by atoms with E-state index in [-0.39, 0.29) is 0 Å². The van der Waals surface area contributed by atoms with E-state index in [4.69, 9.17) is 0 Å². The number of hydrogen-bond acceptors (Lipinski definition) is 1. The minimum absolute atomic E-state index is 0.771. The molecule has 0 amide bonds. The smallest absolute Gasteiger partial charge is 0.00928 e. The van der Waals surface area contributed by atoms with Crippen LogP contribution in [0.5, 0.6) is 0 Å². The van der Waals surface area contributed by atoms with Gasteiger partial charge in [0.2, 0.25) is 0 Å². The molecular weight excluding hydrogens is 238 g/mol. The number of alkyl halides is 1. The van der Waals surface area contributed by atoms with Crippen molar-refractivity contribution in [3.8, 4) is 0 Å². The second-order valence-electron chi connectivity index (χ2n) is 5.27. The quantitative estimate of drug-likeness (QED) is 0.705. The van der Waals surface area contributed by atoms with E-state index in [0.29, 0.717) is 0 Å². The molecule has 0 N–H and O–H groups in total. The Kier molecular flexibility index (Phi) is 4.92. The van der Waals surface area contributed by atoms with Crippen molar-refractivity contribution in [2.45, 2.75) is 40.2 Å². The van der Waals surface area contributed by atoms with E-state index < -0.39 is 0 Å². The summed E-state index contributed by atoms with van der Waals surface area (Å²) in [7, 11) is 0. The Morgan fingerprint density at radius 2 is 2.00 bits per heavy atom. The van der Waals surface area contributed by atoms with Gasteiger partial charge in [0.25, 0.3) is 0 Å². The summed E-state index contributed by atoms with van der Waals surface area (Å²) in [5.41, 5.74) is 0. The molecule has 1 aliphatic heterocycles. The van der Waals surface area contributed by atoms with Crippen LogP contribution < -0.4 is 0 Å². The molecule has 1 saturated heterocycles. The van der Waals surface area contributed by atoms with E-state index in [9.17, 15) is 0 Å². The summed E-state index contributed by atoms with van der Waals surface area (Å²) < 4.78 is 0. The van der Waals surface area contributed by atoms with E-state index in [2.05, 4.69) is 48.5 Å². The van der Waals surface area contributed by atoms with Gasteiger partial charge in [0, 0.05) is 24.5 Å². The van der Waals surface area contributed by atoms with Gasteiger partial charge in [-0.15, -0.1) is 0 Å². The van der Waals surface area contributed by atoms with Crippen molar-refractivity contribution in [3.63, 3.8) is 0 Å². The van der Waals surface area contributed by atoms with Gasteiger partial charge in [0.1, 0.15) is 0 Å². The summed E-state index contributed by atoms with van der Waals surface area (Å²) in [6, 6.07) is 0.771. The van der Waals surface area contributed by atoms with Gasteiger partial charge in [-0.25, -0.2) is 0 Å². The summed E-state index contributed by atoms with van der Waals surface area (Å²) in [5.74, 6) is 2.51. The van der Waals surface area contributed by atoms with E-state index >= 15 is 0 Å². The molecule has 0 aromatic rings. The van der Waals surface area contributed by atoms with Crippen LogP contribution in [0, 0.1) is 17.8 Å². The first kappa shape index (κ1) is 12.5. The molecule has 4 unspecified atom stereocenters. The number of piperidine rings is 1. The van der Waals surface area contributed by atoms with Crippen LogP contribution in [-0.2, 0) is 0 Å². The van der Waals surface area contributed by atoms with Crippen LogP contribution >= 0.6 is 15.9 Å². The van der Waals surface area contributed by atoms with Crippen LogP contribution in [0.1, 0.15) is 34.1 Å². The molecule has 0 saturated carbocycles. The second kappa shape index (κ2) is 5.50. The second-order valence-corrected chi connectivity index (χ2v) is 5.92. The van der Waals surface area contributed by atoms with Crippen molar-refractivity contribution in [3.05, 3.63) is 0 Å². The monoisotopic (exact) mass is 261 g/mol. The Bertz CT molecular complexity index is 172. The fourth-order valence-corrected chi connectivity index (χ4v) is 2.73. The predicted molar refractivity (Wildman–Crippen MR) is 66.9 cm³/mol. The number of nitrogens with zero attached hydrogens (tertiary/aromatic N) is 1. The molecule has 1 rings (SSSR count). The lowest BCUT2D eigenvalue weighted by atomic mass is 9.85. The van der Waals surface area contributed by atoms with Crippen LogP contribution in [0.2, 0.25) is 0 Å². The Hall–Kier alpha value is 0.440. The highest BCUT2D eigenvalue weighted by Crippen LogP contribution is 2.27. The zero-order chi connectivity index (χ0) is 10.7. The first-order valence-corrected chi connectivity index (χ1v) is 6.96. The molecule has 1 aliphatic rings. The average Bonchev–Trinajstić information content (AvgIpc) is 2.13. The number of likely N-dealkylation sites (tertiary alicyclic amines) is 1. The Morgan fingerprint density at radius 3 is 2.57 bits per heavy atom. The Balaban J connectivity index is 2.49. The zero-order valence-corrected chi connectivity index (χ0v) is 11.5. The molecule has 0 aromatic carbocycles. The molecule has 0 aromatic heterocycles. The highest BCUT2D eigenvalue weighted by atomic mass is 79.9. The lowest BCUT2D eigenvalue weighted by molar-refractivity contribution is 0.0699. The molecule has 0 radical (unpaired) electrons. The third kappa shape index (κ3) is 3.23. The normalized spacial score (nSPS) is 37.1. The van der Waals surface area contributed by atoms with Crippen LogP contribution in [0.15, 0.2) is 0 Å². The van der Waals surface area contributed by atoms with Crippen LogP contribution in [-0.4, -0.2) is 29.4 Å². The van der Waals surface area contributed by atoms with Crippen molar-refractivity contribution in [2.24, 2.45) is 17.8 Å². The predicted octanol–water partition coefficient (Wildman–Crippen LogP) is 3.38. The van der Waals surface area contributed by atoms with E-state index in [0.717, 1.165) is 29.1 Å². The molecule has 1 fully saturated rings. The fraction of sp³-hybridized carbons (Fsp3) is 1.00. The Labute approximate surface area is 97.4 Å². The summed E-state index contributed by atoms with van der Waals surface area (Å²) in [5, 5.41) is 1.12.